The van der Waals surface area contributed by atoms with E-state index in [9.17, 15) is 4.79 Å². The van der Waals surface area contributed by atoms with E-state index in [4.69, 9.17) is 4.74 Å². The Morgan fingerprint density at radius 3 is 2.50 bits per heavy atom. The van der Waals surface area contributed by atoms with Crippen molar-refractivity contribution >= 4 is 11.8 Å². The van der Waals surface area contributed by atoms with E-state index in [2.05, 4.69) is 15.3 Å². The summed E-state index contributed by atoms with van der Waals surface area (Å²) in [5.74, 6) is 0.616. The van der Waals surface area contributed by atoms with Crippen LogP contribution in [-0.2, 0) is 4.74 Å². The van der Waals surface area contributed by atoms with Gasteiger partial charge in [-0.05, 0) is 6.92 Å². The van der Waals surface area contributed by atoms with Crippen molar-refractivity contribution in [3.8, 4) is 11.4 Å². The second-order valence-corrected chi connectivity index (χ2v) is 3.51. The van der Waals surface area contributed by atoms with Crippen LogP contribution in [0, 0.1) is 0 Å². The topological polar surface area (TPSA) is 64.1 Å². The molecule has 1 N–H and O–H groups in total. The number of hydrogen-bond acceptors (Lipinski definition) is 4. The van der Waals surface area contributed by atoms with Crippen molar-refractivity contribution in [2.24, 2.45) is 0 Å². The zero-order chi connectivity index (χ0) is 12.8. The fourth-order valence-electron chi connectivity index (χ4n) is 1.41. The molecular formula is C13H13N3O2. The molecule has 0 atom stereocenters. The predicted molar refractivity (Wildman–Crippen MR) is 68.1 cm³/mol. The van der Waals surface area contributed by atoms with Crippen LogP contribution in [0.25, 0.3) is 11.4 Å². The first-order valence-electron chi connectivity index (χ1n) is 5.61. The highest BCUT2D eigenvalue weighted by Gasteiger charge is 2.04. The molecule has 0 bridgehead atoms. The van der Waals surface area contributed by atoms with Gasteiger partial charge in [-0.3, -0.25) is 5.32 Å². The Bertz CT molecular complexity index is 512. The fraction of sp³-hybridized carbons (Fsp3) is 0.154. The van der Waals surface area contributed by atoms with Gasteiger partial charge in [0.25, 0.3) is 0 Å². The maximum atomic E-state index is 11.2. The molecule has 1 amide bonds. The number of carbonyl (C=O) groups excluding carboxylic acids is 1. The van der Waals surface area contributed by atoms with Gasteiger partial charge in [0.05, 0.1) is 24.7 Å². The van der Waals surface area contributed by atoms with Crippen molar-refractivity contribution < 1.29 is 9.53 Å². The average molecular weight is 243 g/mol. The molecule has 2 rings (SSSR count). The van der Waals surface area contributed by atoms with Crippen LogP contribution in [0.1, 0.15) is 6.92 Å². The summed E-state index contributed by atoms with van der Waals surface area (Å²) in [6.07, 6.45) is 2.59. The predicted octanol–water partition coefficient (Wildman–Crippen LogP) is 2.71. The molecule has 1 heterocycles. The molecule has 0 radical (unpaired) electrons. The summed E-state index contributed by atoms with van der Waals surface area (Å²) in [4.78, 5) is 19.5. The van der Waals surface area contributed by atoms with E-state index in [0.29, 0.717) is 18.1 Å². The lowest BCUT2D eigenvalue weighted by Gasteiger charge is -2.05. The van der Waals surface area contributed by atoms with Crippen LogP contribution in [0.3, 0.4) is 0 Å². The van der Waals surface area contributed by atoms with E-state index in [-0.39, 0.29) is 0 Å². The quantitative estimate of drug-likeness (QED) is 0.900. The number of amides is 1. The monoisotopic (exact) mass is 243 g/mol. The summed E-state index contributed by atoms with van der Waals surface area (Å²) >= 11 is 0. The van der Waals surface area contributed by atoms with Crippen molar-refractivity contribution in [3.63, 3.8) is 0 Å². The number of carbonyl (C=O) groups is 1. The van der Waals surface area contributed by atoms with Crippen LogP contribution < -0.4 is 5.32 Å². The minimum absolute atomic E-state index is 0.328. The Labute approximate surface area is 105 Å². The van der Waals surface area contributed by atoms with E-state index in [1.165, 1.54) is 0 Å². The van der Waals surface area contributed by atoms with Crippen molar-refractivity contribution in [1.82, 2.24) is 9.97 Å². The molecule has 2 aromatic rings. The number of aromatic nitrogens is 2. The normalized spacial score (nSPS) is 9.83. The third-order valence-electron chi connectivity index (χ3n) is 2.21. The number of nitrogens with one attached hydrogen (secondary N) is 1. The van der Waals surface area contributed by atoms with Gasteiger partial charge in [0.2, 0.25) is 0 Å². The Morgan fingerprint density at radius 1 is 1.22 bits per heavy atom. The molecule has 92 valence electrons. The molecule has 1 aromatic heterocycles. The van der Waals surface area contributed by atoms with Gasteiger partial charge in [0, 0.05) is 5.56 Å². The van der Waals surface area contributed by atoms with Gasteiger partial charge in [-0.1, -0.05) is 30.3 Å². The van der Waals surface area contributed by atoms with Crippen LogP contribution in [0.5, 0.6) is 0 Å². The van der Waals surface area contributed by atoms with E-state index in [0.717, 1.165) is 5.56 Å². The third kappa shape index (κ3) is 3.04. The summed E-state index contributed by atoms with van der Waals surface area (Å²) in [5.41, 5.74) is 1.44. The van der Waals surface area contributed by atoms with Crippen LogP contribution in [-0.4, -0.2) is 22.7 Å². The highest BCUT2D eigenvalue weighted by Crippen LogP contribution is 2.14. The largest absolute Gasteiger partial charge is 0.450 e. The summed E-state index contributed by atoms with van der Waals surface area (Å²) < 4.78 is 4.76. The van der Waals surface area contributed by atoms with Gasteiger partial charge >= 0.3 is 6.09 Å². The Balaban J connectivity index is 2.09. The lowest BCUT2D eigenvalue weighted by molar-refractivity contribution is 0.168. The zero-order valence-corrected chi connectivity index (χ0v) is 9.96. The van der Waals surface area contributed by atoms with Crippen LogP contribution in [0.2, 0.25) is 0 Å². The minimum Gasteiger partial charge on any atom is -0.450 e. The van der Waals surface area contributed by atoms with Gasteiger partial charge in [0.15, 0.2) is 5.82 Å². The number of ether oxygens (including phenoxy) is 1. The molecule has 0 aliphatic rings. The Morgan fingerprint density at radius 2 is 1.89 bits per heavy atom. The summed E-state index contributed by atoms with van der Waals surface area (Å²) in [6.45, 7) is 2.07. The smallest absolute Gasteiger partial charge is 0.411 e. The molecule has 0 unspecified atom stereocenters. The molecule has 0 saturated heterocycles. The summed E-state index contributed by atoms with van der Waals surface area (Å²) in [5, 5.41) is 2.54. The van der Waals surface area contributed by atoms with E-state index < -0.39 is 6.09 Å². The lowest BCUT2D eigenvalue weighted by atomic mass is 10.2. The summed E-state index contributed by atoms with van der Waals surface area (Å²) in [7, 11) is 0. The number of nitrogens with zero attached hydrogens (tertiary/aromatic N) is 2. The first-order valence-corrected chi connectivity index (χ1v) is 5.61. The average Bonchev–Trinajstić information content (AvgIpc) is 2.41. The van der Waals surface area contributed by atoms with Gasteiger partial charge in [-0.25, -0.2) is 14.8 Å². The van der Waals surface area contributed by atoms with Crippen molar-refractivity contribution in [3.05, 3.63) is 42.7 Å². The molecule has 0 aliphatic heterocycles. The van der Waals surface area contributed by atoms with Crippen LogP contribution in [0.15, 0.2) is 42.7 Å². The standard InChI is InChI=1S/C13H13N3O2/c1-2-18-13(17)16-11-8-14-12(15-9-11)10-6-4-3-5-7-10/h3-9H,2H2,1H3,(H,16,17). The number of rotatable bonds is 3. The first-order chi connectivity index (χ1) is 8.79. The van der Waals surface area contributed by atoms with Crippen LogP contribution >= 0.6 is 0 Å². The highest BCUT2D eigenvalue weighted by molar-refractivity contribution is 5.84. The van der Waals surface area contributed by atoms with Crippen molar-refractivity contribution in [1.29, 1.82) is 0 Å². The van der Waals surface area contributed by atoms with Gasteiger partial charge in [-0.2, -0.15) is 0 Å². The zero-order valence-electron chi connectivity index (χ0n) is 9.96. The molecule has 18 heavy (non-hydrogen) atoms. The van der Waals surface area contributed by atoms with E-state index in [1.807, 2.05) is 30.3 Å². The molecule has 5 nitrogen and oxygen atoms in total. The van der Waals surface area contributed by atoms with Gasteiger partial charge < -0.3 is 4.74 Å². The molecule has 0 fully saturated rings. The van der Waals surface area contributed by atoms with Crippen molar-refractivity contribution in [2.45, 2.75) is 6.92 Å². The molecule has 5 heteroatoms. The number of hydrogen-bond donors (Lipinski definition) is 1. The second kappa shape index (κ2) is 5.77. The van der Waals surface area contributed by atoms with Gasteiger partial charge in [-0.15, -0.1) is 0 Å². The molecule has 1 aromatic carbocycles. The summed E-state index contributed by atoms with van der Waals surface area (Å²) in [6, 6.07) is 9.62. The third-order valence-corrected chi connectivity index (χ3v) is 2.21. The number of benzene rings is 1. The fourth-order valence-corrected chi connectivity index (χ4v) is 1.41. The Kier molecular flexibility index (Phi) is 3.86. The molecular weight excluding hydrogens is 230 g/mol. The minimum atomic E-state index is -0.506. The van der Waals surface area contributed by atoms with E-state index >= 15 is 0 Å². The number of anilines is 1. The Hall–Kier alpha value is -2.43. The van der Waals surface area contributed by atoms with Gasteiger partial charge in [0.1, 0.15) is 0 Å². The van der Waals surface area contributed by atoms with Crippen LogP contribution in [0.4, 0.5) is 10.5 Å². The maximum absolute atomic E-state index is 11.2. The first kappa shape index (κ1) is 12.0. The molecule has 0 spiro atoms. The lowest BCUT2D eigenvalue weighted by Crippen LogP contribution is -2.13. The highest BCUT2D eigenvalue weighted by atomic mass is 16.5. The molecule has 0 saturated carbocycles. The second-order valence-electron chi connectivity index (χ2n) is 3.51. The SMILES string of the molecule is CCOC(=O)Nc1cnc(-c2ccccc2)nc1. The van der Waals surface area contributed by atoms with E-state index in [1.54, 1.807) is 19.3 Å². The molecule has 0 aliphatic carbocycles. The van der Waals surface area contributed by atoms with Crippen molar-refractivity contribution in [2.75, 3.05) is 11.9 Å². The maximum Gasteiger partial charge on any atom is 0.411 e.